The van der Waals surface area contributed by atoms with Crippen molar-refractivity contribution >= 4 is 17.5 Å². The summed E-state index contributed by atoms with van der Waals surface area (Å²) in [6.07, 6.45) is 0.493. The highest BCUT2D eigenvalue weighted by atomic mass is 19.1. The number of carbonyl (C=O) groups excluding carboxylic acids is 2. The molecular weight excluding hydrogens is 449 g/mol. The number of hydrogen-bond donors (Lipinski definition) is 0. The Morgan fingerprint density at radius 1 is 1.00 bits per heavy atom. The number of nitrogens with zero attached hydrogens (tertiary/aromatic N) is 3. The van der Waals surface area contributed by atoms with Gasteiger partial charge in [0.05, 0.1) is 26.0 Å². The van der Waals surface area contributed by atoms with Gasteiger partial charge < -0.3 is 14.4 Å². The van der Waals surface area contributed by atoms with E-state index in [1.807, 2.05) is 48.5 Å². The molecule has 0 unspecified atom stereocenters. The van der Waals surface area contributed by atoms with Crippen molar-refractivity contribution in [2.45, 2.75) is 12.5 Å². The van der Waals surface area contributed by atoms with E-state index in [1.165, 1.54) is 35.2 Å². The molecule has 0 N–H and O–H groups in total. The average molecular weight is 476 g/mol. The predicted molar refractivity (Wildman–Crippen MR) is 130 cm³/mol. The first-order valence-electron chi connectivity index (χ1n) is 11.1. The summed E-state index contributed by atoms with van der Waals surface area (Å²) in [4.78, 5) is 27.4. The number of hydrogen-bond acceptors (Lipinski definition) is 5. The second kappa shape index (κ2) is 10.4. The Hall–Kier alpha value is -4.20. The Bertz CT molecular complexity index is 1260. The molecule has 1 aliphatic heterocycles. The van der Waals surface area contributed by atoms with E-state index >= 15 is 0 Å². The standard InChI is InChI=1S/C27H26FN3O4/c1-30(27(33)20-7-4-8-21(28)14-20)17-26(32)31-25(18-10-12-22(34-2)13-11-18)16-24(29-31)19-6-5-9-23(15-19)35-3/h4-15,25H,16-17H2,1-3H3/t25-/m0/s1. The van der Waals surface area contributed by atoms with Gasteiger partial charge in [0, 0.05) is 24.6 Å². The molecule has 0 fully saturated rings. The van der Waals surface area contributed by atoms with Crippen LogP contribution in [0.5, 0.6) is 11.5 Å². The molecule has 35 heavy (non-hydrogen) atoms. The number of benzene rings is 3. The summed E-state index contributed by atoms with van der Waals surface area (Å²) in [6.45, 7) is -0.211. The van der Waals surface area contributed by atoms with Gasteiger partial charge in [-0.25, -0.2) is 9.40 Å². The van der Waals surface area contributed by atoms with Crippen molar-refractivity contribution in [1.29, 1.82) is 0 Å². The van der Waals surface area contributed by atoms with E-state index in [2.05, 4.69) is 5.10 Å². The van der Waals surface area contributed by atoms with Crippen LogP contribution in [0.1, 0.15) is 33.9 Å². The highest BCUT2D eigenvalue weighted by Crippen LogP contribution is 2.34. The van der Waals surface area contributed by atoms with E-state index in [9.17, 15) is 14.0 Å². The highest BCUT2D eigenvalue weighted by molar-refractivity contribution is 6.04. The first-order valence-corrected chi connectivity index (χ1v) is 11.1. The zero-order chi connectivity index (χ0) is 24.9. The minimum absolute atomic E-state index is 0.175. The predicted octanol–water partition coefficient (Wildman–Crippen LogP) is 4.29. The maximum Gasteiger partial charge on any atom is 0.262 e. The fourth-order valence-electron chi connectivity index (χ4n) is 3.99. The Morgan fingerprint density at radius 3 is 2.40 bits per heavy atom. The highest BCUT2D eigenvalue weighted by Gasteiger charge is 2.34. The van der Waals surface area contributed by atoms with Crippen LogP contribution in [0.4, 0.5) is 4.39 Å². The quantitative estimate of drug-likeness (QED) is 0.511. The van der Waals surface area contributed by atoms with Crippen LogP contribution in [0.15, 0.2) is 77.9 Å². The summed E-state index contributed by atoms with van der Waals surface area (Å²) < 4.78 is 24.2. The third-order valence-electron chi connectivity index (χ3n) is 5.86. The van der Waals surface area contributed by atoms with Crippen molar-refractivity contribution in [3.05, 3.63) is 95.3 Å². The zero-order valence-corrected chi connectivity index (χ0v) is 19.8. The molecule has 3 aromatic carbocycles. The van der Waals surface area contributed by atoms with Gasteiger partial charge in [0.25, 0.3) is 11.8 Å². The lowest BCUT2D eigenvalue weighted by molar-refractivity contribution is -0.133. The number of carbonyl (C=O) groups is 2. The van der Waals surface area contributed by atoms with Crippen molar-refractivity contribution in [2.24, 2.45) is 5.10 Å². The molecule has 1 aliphatic rings. The van der Waals surface area contributed by atoms with Gasteiger partial charge in [-0.05, 0) is 48.0 Å². The first kappa shape index (κ1) is 23.9. The maximum atomic E-state index is 13.6. The molecule has 0 aliphatic carbocycles. The van der Waals surface area contributed by atoms with E-state index in [1.54, 1.807) is 14.2 Å². The summed E-state index contributed by atoms with van der Waals surface area (Å²) >= 11 is 0. The van der Waals surface area contributed by atoms with Crippen LogP contribution in [0.25, 0.3) is 0 Å². The number of amides is 2. The van der Waals surface area contributed by atoms with Crippen LogP contribution >= 0.6 is 0 Å². The molecule has 7 nitrogen and oxygen atoms in total. The van der Waals surface area contributed by atoms with Crippen molar-refractivity contribution < 1.29 is 23.5 Å². The average Bonchev–Trinajstić information content (AvgIpc) is 3.34. The molecule has 1 atom stereocenters. The number of rotatable bonds is 7. The Morgan fingerprint density at radius 2 is 1.71 bits per heavy atom. The van der Waals surface area contributed by atoms with Crippen molar-refractivity contribution in [1.82, 2.24) is 9.91 Å². The van der Waals surface area contributed by atoms with Crippen LogP contribution in [0.2, 0.25) is 0 Å². The van der Waals surface area contributed by atoms with E-state index in [-0.39, 0.29) is 24.1 Å². The molecule has 0 spiro atoms. The smallest absolute Gasteiger partial charge is 0.262 e. The van der Waals surface area contributed by atoms with E-state index < -0.39 is 11.7 Å². The minimum Gasteiger partial charge on any atom is -0.497 e. The van der Waals surface area contributed by atoms with Gasteiger partial charge in [-0.3, -0.25) is 9.59 Å². The molecule has 4 rings (SSSR count). The maximum absolute atomic E-state index is 13.6. The van der Waals surface area contributed by atoms with E-state index in [4.69, 9.17) is 9.47 Å². The SMILES string of the molecule is COc1ccc([C@@H]2CC(c3cccc(OC)c3)=NN2C(=O)CN(C)C(=O)c2cccc(F)c2)cc1. The topological polar surface area (TPSA) is 71.4 Å². The second-order valence-electron chi connectivity index (χ2n) is 8.18. The van der Waals surface area contributed by atoms with Crippen molar-refractivity contribution in [3.63, 3.8) is 0 Å². The largest absolute Gasteiger partial charge is 0.497 e. The summed E-state index contributed by atoms with van der Waals surface area (Å²) in [5.74, 6) is 0.0867. The summed E-state index contributed by atoms with van der Waals surface area (Å²) in [7, 11) is 4.70. The lowest BCUT2D eigenvalue weighted by Crippen LogP contribution is -2.39. The van der Waals surface area contributed by atoms with Crippen LogP contribution in [-0.4, -0.2) is 55.2 Å². The lowest BCUT2D eigenvalue weighted by atomic mass is 9.98. The summed E-state index contributed by atoms with van der Waals surface area (Å²) in [5, 5.41) is 6.07. The summed E-state index contributed by atoms with van der Waals surface area (Å²) in [5.41, 5.74) is 2.65. The van der Waals surface area contributed by atoms with Crippen LogP contribution < -0.4 is 9.47 Å². The molecule has 0 saturated heterocycles. The van der Waals surface area contributed by atoms with Crippen LogP contribution in [-0.2, 0) is 4.79 Å². The van der Waals surface area contributed by atoms with Gasteiger partial charge in [0.1, 0.15) is 23.9 Å². The van der Waals surface area contributed by atoms with Gasteiger partial charge in [-0.1, -0.05) is 30.3 Å². The number of ether oxygens (including phenoxy) is 2. The van der Waals surface area contributed by atoms with E-state index in [0.717, 1.165) is 22.9 Å². The van der Waals surface area contributed by atoms with Crippen molar-refractivity contribution in [3.8, 4) is 11.5 Å². The normalized spacial score (nSPS) is 14.9. The molecule has 0 radical (unpaired) electrons. The molecule has 3 aromatic rings. The van der Waals surface area contributed by atoms with E-state index in [0.29, 0.717) is 17.9 Å². The van der Waals surface area contributed by atoms with Gasteiger partial charge in [0.15, 0.2) is 0 Å². The number of hydrazone groups is 1. The van der Waals surface area contributed by atoms with Gasteiger partial charge in [-0.15, -0.1) is 0 Å². The third kappa shape index (κ3) is 5.32. The summed E-state index contributed by atoms with van der Waals surface area (Å²) in [6, 6.07) is 20.0. The first-order chi connectivity index (χ1) is 16.9. The molecular formula is C27H26FN3O4. The molecule has 8 heteroatoms. The monoisotopic (exact) mass is 475 g/mol. The molecule has 1 heterocycles. The van der Waals surface area contributed by atoms with Crippen molar-refractivity contribution in [2.75, 3.05) is 27.8 Å². The molecule has 0 bridgehead atoms. The second-order valence-corrected chi connectivity index (χ2v) is 8.18. The van der Waals surface area contributed by atoms with Crippen LogP contribution in [0, 0.1) is 5.82 Å². The van der Waals surface area contributed by atoms with Gasteiger partial charge in [-0.2, -0.15) is 5.10 Å². The zero-order valence-electron chi connectivity index (χ0n) is 19.8. The van der Waals surface area contributed by atoms with Gasteiger partial charge >= 0.3 is 0 Å². The lowest BCUT2D eigenvalue weighted by Gasteiger charge is -2.25. The fourth-order valence-corrected chi connectivity index (χ4v) is 3.99. The number of halogens is 1. The third-order valence-corrected chi connectivity index (χ3v) is 5.86. The fraction of sp³-hybridized carbons (Fsp3) is 0.222. The molecule has 0 aromatic heterocycles. The van der Waals surface area contributed by atoms with Crippen LogP contribution in [0.3, 0.4) is 0 Å². The molecule has 180 valence electrons. The molecule has 0 saturated carbocycles. The number of likely N-dealkylation sites (N-methyl/N-ethyl adjacent to an activating group) is 1. The Balaban J connectivity index is 1.60. The Labute approximate surface area is 203 Å². The molecule has 2 amide bonds. The van der Waals surface area contributed by atoms with Gasteiger partial charge in [0.2, 0.25) is 0 Å². The Kier molecular flexibility index (Phi) is 7.10. The minimum atomic E-state index is -0.512. The number of methoxy groups -OCH3 is 2.